The zero-order valence-corrected chi connectivity index (χ0v) is 15.9. The van der Waals surface area contributed by atoms with E-state index in [9.17, 15) is 26.3 Å². The molecule has 0 saturated heterocycles. The van der Waals surface area contributed by atoms with Gasteiger partial charge in [0, 0.05) is 18.0 Å². The number of alkyl halides is 6. The van der Waals surface area contributed by atoms with Crippen LogP contribution in [0, 0.1) is 0 Å². The first-order chi connectivity index (χ1) is 15.0. The Morgan fingerprint density at radius 1 is 0.906 bits per heavy atom. The molecule has 3 aromatic heterocycles. The van der Waals surface area contributed by atoms with E-state index in [2.05, 4.69) is 30.2 Å². The van der Waals surface area contributed by atoms with E-state index in [0.29, 0.717) is 12.1 Å². The molecule has 4 rings (SSSR count). The quantitative estimate of drug-likeness (QED) is 0.424. The Morgan fingerprint density at radius 3 is 2.12 bits per heavy atom. The van der Waals surface area contributed by atoms with Gasteiger partial charge in [0.2, 0.25) is 0 Å². The second-order valence-corrected chi connectivity index (χ2v) is 6.55. The highest BCUT2D eigenvalue weighted by Crippen LogP contribution is 2.38. The van der Waals surface area contributed by atoms with E-state index in [-0.39, 0.29) is 23.7 Å². The predicted octanol–water partition coefficient (Wildman–Crippen LogP) is 4.30. The summed E-state index contributed by atoms with van der Waals surface area (Å²) >= 11 is 0. The van der Waals surface area contributed by atoms with Gasteiger partial charge >= 0.3 is 12.4 Å². The minimum atomic E-state index is -5.00. The molecule has 1 unspecified atom stereocenters. The number of rotatable bonds is 4. The van der Waals surface area contributed by atoms with Crippen molar-refractivity contribution in [1.82, 2.24) is 34.9 Å². The van der Waals surface area contributed by atoms with Crippen molar-refractivity contribution in [2.75, 3.05) is 0 Å². The fourth-order valence-corrected chi connectivity index (χ4v) is 2.82. The number of hydrogen-bond acceptors (Lipinski definition) is 7. The Kier molecular flexibility index (Phi) is 5.14. The molecule has 4 aromatic rings. The van der Waals surface area contributed by atoms with E-state index in [4.69, 9.17) is 4.52 Å². The molecule has 0 aliphatic heterocycles. The maximum atomic E-state index is 13.1. The monoisotopic (exact) mass is 455 g/mol. The van der Waals surface area contributed by atoms with Crippen LogP contribution in [0.4, 0.5) is 26.3 Å². The second kappa shape index (κ2) is 7.69. The summed E-state index contributed by atoms with van der Waals surface area (Å²) in [6, 6.07) is 2.64. The molecular weight excluding hydrogens is 444 g/mol. The third kappa shape index (κ3) is 4.15. The molecule has 0 amide bonds. The molecule has 1 aromatic carbocycles. The van der Waals surface area contributed by atoms with Gasteiger partial charge in [-0.3, -0.25) is 0 Å². The maximum Gasteiger partial charge on any atom is 0.416 e. The van der Waals surface area contributed by atoms with Gasteiger partial charge in [-0.2, -0.15) is 41.1 Å². The van der Waals surface area contributed by atoms with Crippen molar-refractivity contribution in [2.24, 2.45) is 0 Å². The molecule has 0 aliphatic rings. The SMILES string of the molecule is CC(c1noc(-c2cc(C(F)(F)F)cc(C(F)(F)F)c2)n1)c1ncnn1-c1ncccn1. The predicted molar refractivity (Wildman–Crippen MR) is 94.2 cm³/mol. The molecule has 32 heavy (non-hydrogen) atoms. The summed E-state index contributed by atoms with van der Waals surface area (Å²) in [5.74, 6) is -0.764. The second-order valence-electron chi connectivity index (χ2n) is 6.55. The number of halogens is 6. The molecule has 0 radical (unpaired) electrons. The lowest BCUT2D eigenvalue weighted by atomic mass is 10.0. The van der Waals surface area contributed by atoms with Gasteiger partial charge in [-0.1, -0.05) is 5.16 Å². The van der Waals surface area contributed by atoms with Crippen LogP contribution in [0.2, 0.25) is 0 Å². The highest BCUT2D eigenvalue weighted by molar-refractivity contribution is 5.57. The Balaban J connectivity index is 1.72. The standard InChI is InChI=1S/C18H11F6N7O/c1-9(14-27-8-28-31(14)16-25-3-2-4-26-16)13-29-15(32-30-13)10-5-11(17(19,20)21)7-12(6-10)18(22,23)24/h2-9H,1H3. The van der Waals surface area contributed by atoms with Crippen LogP contribution < -0.4 is 0 Å². The van der Waals surface area contributed by atoms with Gasteiger partial charge in [-0.25, -0.2) is 15.0 Å². The van der Waals surface area contributed by atoms with Gasteiger partial charge in [-0.15, -0.1) is 0 Å². The Bertz CT molecular complexity index is 1200. The van der Waals surface area contributed by atoms with Crippen molar-refractivity contribution in [3.8, 4) is 17.4 Å². The molecule has 14 heteroatoms. The zero-order valence-electron chi connectivity index (χ0n) is 15.9. The summed E-state index contributed by atoms with van der Waals surface area (Å²) in [4.78, 5) is 16.2. The molecule has 1 atom stereocenters. The van der Waals surface area contributed by atoms with Crippen LogP contribution in [-0.4, -0.2) is 34.9 Å². The Morgan fingerprint density at radius 2 is 1.53 bits per heavy atom. The molecule has 0 fully saturated rings. The lowest BCUT2D eigenvalue weighted by Gasteiger charge is -2.12. The topological polar surface area (TPSA) is 95.4 Å². The molecule has 3 heterocycles. The third-order valence-electron chi connectivity index (χ3n) is 4.37. The van der Waals surface area contributed by atoms with Crippen molar-refractivity contribution in [3.63, 3.8) is 0 Å². The summed E-state index contributed by atoms with van der Waals surface area (Å²) in [7, 11) is 0. The number of benzene rings is 1. The molecule has 0 spiro atoms. The minimum absolute atomic E-state index is 0.0196. The van der Waals surface area contributed by atoms with Crippen LogP contribution in [0.5, 0.6) is 0 Å². The largest absolute Gasteiger partial charge is 0.416 e. The number of nitrogens with zero attached hydrogens (tertiary/aromatic N) is 7. The molecule has 166 valence electrons. The third-order valence-corrected chi connectivity index (χ3v) is 4.37. The lowest BCUT2D eigenvalue weighted by molar-refractivity contribution is -0.143. The molecule has 0 N–H and O–H groups in total. The van der Waals surface area contributed by atoms with E-state index < -0.39 is 40.9 Å². The first kappa shape index (κ1) is 21.4. The van der Waals surface area contributed by atoms with Crippen LogP contribution in [-0.2, 0) is 12.4 Å². The normalized spacial score (nSPS) is 13.3. The van der Waals surface area contributed by atoms with Crippen LogP contribution in [0.1, 0.15) is 35.6 Å². The first-order valence-corrected chi connectivity index (χ1v) is 8.85. The molecule has 0 saturated carbocycles. The summed E-state index contributed by atoms with van der Waals surface area (Å²) < 4.78 is 84.9. The minimum Gasteiger partial charge on any atom is -0.334 e. The summed E-state index contributed by atoms with van der Waals surface area (Å²) in [6.07, 6.45) is -5.81. The molecule has 0 bridgehead atoms. The van der Waals surface area contributed by atoms with Crippen molar-refractivity contribution < 1.29 is 30.9 Å². The fraction of sp³-hybridized carbons (Fsp3) is 0.222. The summed E-state index contributed by atoms with van der Waals surface area (Å²) in [6.45, 7) is 1.60. The zero-order chi connectivity index (χ0) is 23.1. The van der Waals surface area contributed by atoms with Gasteiger partial charge in [-0.05, 0) is 31.2 Å². The maximum absolute atomic E-state index is 13.1. The smallest absolute Gasteiger partial charge is 0.334 e. The van der Waals surface area contributed by atoms with Crippen LogP contribution in [0.15, 0.2) is 47.5 Å². The van der Waals surface area contributed by atoms with Gasteiger partial charge in [0.25, 0.3) is 11.8 Å². The first-order valence-electron chi connectivity index (χ1n) is 8.85. The average Bonchev–Trinajstić information content (AvgIpc) is 3.42. The van der Waals surface area contributed by atoms with Crippen LogP contribution in [0.3, 0.4) is 0 Å². The molecule has 8 nitrogen and oxygen atoms in total. The van der Waals surface area contributed by atoms with Crippen molar-refractivity contribution >= 4 is 0 Å². The van der Waals surface area contributed by atoms with E-state index in [1.165, 1.54) is 23.4 Å². The average molecular weight is 455 g/mol. The van der Waals surface area contributed by atoms with Crippen LogP contribution >= 0.6 is 0 Å². The Labute approximate surface area is 175 Å². The molecular formula is C18H11F6N7O. The fourth-order valence-electron chi connectivity index (χ4n) is 2.82. The summed E-state index contributed by atoms with van der Waals surface area (Å²) in [5.41, 5.74) is -3.50. The van der Waals surface area contributed by atoms with E-state index in [0.717, 1.165) is 0 Å². The van der Waals surface area contributed by atoms with E-state index in [1.807, 2.05) is 0 Å². The summed E-state index contributed by atoms with van der Waals surface area (Å²) in [5, 5.41) is 7.72. The van der Waals surface area contributed by atoms with Gasteiger partial charge in [0.15, 0.2) is 5.82 Å². The van der Waals surface area contributed by atoms with Gasteiger partial charge in [0.05, 0.1) is 17.0 Å². The van der Waals surface area contributed by atoms with Crippen LogP contribution in [0.25, 0.3) is 17.4 Å². The van der Waals surface area contributed by atoms with Crippen molar-refractivity contribution in [2.45, 2.75) is 25.2 Å². The molecule has 0 aliphatic carbocycles. The number of aromatic nitrogens is 7. The lowest BCUT2D eigenvalue weighted by Crippen LogP contribution is -2.11. The van der Waals surface area contributed by atoms with Gasteiger partial charge in [0.1, 0.15) is 12.2 Å². The highest BCUT2D eigenvalue weighted by Gasteiger charge is 2.37. The van der Waals surface area contributed by atoms with Gasteiger partial charge < -0.3 is 4.52 Å². The van der Waals surface area contributed by atoms with E-state index >= 15 is 0 Å². The highest BCUT2D eigenvalue weighted by atomic mass is 19.4. The van der Waals surface area contributed by atoms with Crippen molar-refractivity contribution in [1.29, 1.82) is 0 Å². The Hall–Kier alpha value is -3.84. The van der Waals surface area contributed by atoms with E-state index in [1.54, 1.807) is 13.0 Å². The number of hydrogen-bond donors (Lipinski definition) is 0. The van der Waals surface area contributed by atoms with Crippen molar-refractivity contribution in [3.05, 3.63) is 65.8 Å².